The van der Waals surface area contributed by atoms with Crippen LogP contribution in [0.15, 0.2) is 42.6 Å². The Labute approximate surface area is 184 Å². The zero-order valence-corrected chi connectivity index (χ0v) is 18.4. The quantitative estimate of drug-likeness (QED) is 0.587. The lowest BCUT2D eigenvalue weighted by Crippen LogP contribution is -2.24. The van der Waals surface area contributed by atoms with Gasteiger partial charge in [-0.25, -0.2) is 9.18 Å². The van der Waals surface area contributed by atoms with E-state index in [1.807, 2.05) is 20.8 Å². The van der Waals surface area contributed by atoms with E-state index in [0.29, 0.717) is 11.3 Å². The minimum absolute atomic E-state index is 0.0971. The first kappa shape index (κ1) is 22.8. The zero-order chi connectivity index (χ0) is 23.6. The third-order valence-electron chi connectivity index (χ3n) is 4.77. The number of aromatic carboxylic acids is 1. The summed E-state index contributed by atoms with van der Waals surface area (Å²) in [6.45, 7) is 5.79. The van der Waals surface area contributed by atoms with Gasteiger partial charge in [0.2, 0.25) is 0 Å². The van der Waals surface area contributed by atoms with Gasteiger partial charge in [0, 0.05) is 11.6 Å². The summed E-state index contributed by atoms with van der Waals surface area (Å²) in [4.78, 5) is 24.8. The second-order valence-electron chi connectivity index (χ2n) is 8.01. The number of halogens is 1. The van der Waals surface area contributed by atoms with Crippen LogP contribution < -0.4 is 14.8 Å². The highest BCUT2D eigenvalue weighted by Gasteiger charge is 2.26. The summed E-state index contributed by atoms with van der Waals surface area (Å²) in [5.74, 6) is -1.82. The van der Waals surface area contributed by atoms with Crippen molar-refractivity contribution in [1.82, 2.24) is 9.78 Å². The molecule has 0 aliphatic rings. The highest BCUT2D eigenvalue weighted by atomic mass is 19.1. The van der Waals surface area contributed by atoms with E-state index < -0.39 is 23.2 Å². The molecule has 0 atom stereocenters. The van der Waals surface area contributed by atoms with Crippen LogP contribution in [-0.4, -0.2) is 41.0 Å². The van der Waals surface area contributed by atoms with Gasteiger partial charge in [-0.1, -0.05) is 0 Å². The maximum atomic E-state index is 13.5. The summed E-state index contributed by atoms with van der Waals surface area (Å²) in [6, 6.07) is 8.41. The van der Waals surface area contributed by atoms with Crippen molar-refractivity contribution >= 4 is 17.6 Å². The molecule has 0 saturated heterocycles. The molecule has 3 rings (SSSR count). The zero-order valence-electron chi connectivity index (χ0n) is 18.4. The van der Waals surface area contributed by atoms with E-state index in [2.05, 4.69) is 10.4 Å². The number of ether oxygens (including phenoxy) is 2. The molecule has 0 aliphatic carbocycles. The van der Waals surface area contributed by atoms with Crippen LogP contribution in [0.5, 0.6) is 11.5 Å². The molecule has 9 heteroatoms. The van der Waals surface area contributed by atoms with Gasteiger partial charge in [-0.05, 0) is 51.1 Å². The minimum atomic E-state index is -1.22. The van der Waals surface area contributed by atoms with Crippen LogP contribution in [0.25, 0.3) is 11.3 Å². The van der Waals surface area contributed by atoms with Gasteiger partial charge < -0.3 is 19.9 Å². The minimum Gasteiger partial charge on any atom is -0.496 e. The molecule has 168 valence electrons. The lowest BCUT2D eigenvalue weighted by atomic mass is 10.0. The highest BCUT2D eigenvalue weighted by molar-refractivity contribution is 6.09. The molecular weight excluding hydrogens is 417 g/mol. The molecule has 2 aromatic carbocycles. The molecule has 0 unspecified atom stereocenters. The van der Waals surface area contributed by atoms with Crippen LogP contribution in [0.3, 0.4) is 0 Å². The number of carbonyl (C=O) groups is 2. The van der Waals surface area contributed by atoms with Crippen molar-refractivity contribution in [2.45, 2.75) is 26.3 Å². The number of benzene rings is 2. The topological polar surface area (TPSA) is 103 Å². The van der Waals surface area contributed by atoms with Gasteiger partial charge in [0.15, 0.2) is 0 Å². The number of hydrogen-bond acceptors (Lipinski definition) is 5. The highest BCUT2D eigenvalue weighted by Crippen LogP contribution is 2.35. The van der Waals surface area contributed by atoms with E-state index in [-0.39, 0.29) is 28.3 Å². The van der Waals surface area contributed by atoms with E-state index >= 15 is 0 Å². The monoisotopic (exact) mass is 441 g/mol. The fourth-order valence-electron chi connectivity index (χ4n) is 3.26. The number of aromatic nitrogens is 2. The Morgan fingerprint density at radius 1 is 1.03 bits per heavy atom. The van der Waals surface area contributed by atoms with Gasteiger partial charge >= 0.3 is 5.97 Å². The molecule has 1 amide bonds. The standard InChI is InChI=1S/C23H24FN3O5/c1-23(2,3)27-20(13-6-8-14(24)9-7-13)16(12-25-27)21(28)26-17-10-15(22(29)30)18(31-4)11-19(17)32-5/h6-12H,1-5H3,(H,26,28)(H,29,30). The number of nitrogens with one attached hydrogen (secondary N) is 1. The first-order valence-electron chi connectivity index (χ1n) is 9.72. The van der Waals surface area contributed by atoms with E-state index in [1.165, 1.54) is 44.7 Å². The van der Waals surface area contributed by atoms with Gasteiger partial charge in [0.1, 0.15) is 22.9 Å². The molecule has 0 spiro atoms. The number of carboxylic acids is 1. The van der Waals surface area contributed by atoms with E-state index in [9.17, 15) is 19.1 Å². The molecule has 8 nitrogen and oxygen atoms in total. The number of nitrogens with zero attached hydrogens (tertiary/aromatic N) is 2. The van der Waals surface area contributed by atoms with Crippen LogP contribution in [0.2, 0.25) is 0 Å². The number of amides is 1. The molecule has 3 aromatic rings. The number of anilines is 1. The Hall–Kier alpha value is -3.88. The molecule has 0 radical (unpaired) electrons. The number of methoxy groups -OCH3 is 2. The van der Waals surface area contributed by atoms with Crippen molar-refractivity contribution in [3.63, 3.8) is 0 Å². The fourth-order valence-corrected chi connectivity index (χ4v) is 3.26. The maximum Gasteiger partial charge on any atom is 0.339 e. The van der Waals surface area contributed by atoms with E-state index in [1.54, 1.807) is 16.8 Å². The number of rotatable bonds is 6. The van der Waals surface area contributed by atoms with Crippen molar-refractivity contribution in [3.05, 3.63) is 59.5 Å². The van der Waals surface area contributed by atoms with Crippen molar-refractivity contribution in [2.75, 3.05) is 19.5 Å². The average Bonchev–Trinajstić information content (AvgIpc) is 3.19. The number of hydrogen-bond donors (Lipinski definition) is 2. The lowest BCUT2D eigenvalue weighted by molar-refractivity contribution is 0.0693. The molecule has 32 heavy (non-hydrogen) atoms. The van der Waals surface area contributed by atoms with E-state index in [0.717, 1.165) is 0 Å². The molecule has 1 aromatic heterocycles. The number of carbonyl (C=O) groups excluding carboxylic acids is 1. The summed E-state index contributed by atoms with van der Waals surface area (Å²) in [5, 5.41) is 16.5. The van der Waals surface area contributed by atoms with Crippen molar-refractivity contribution in [2.24, 2.45) is 0 Å². The Morgan fingerprint density at radius 2 is 1.66 bits per heavy atom. The SMILES string of the molecule is COc1cc(OC)c(C(=O)O)cc1NC(=O)c1cnn(C(C)(C)C)c1-c1ccc(F)cc1. The van der Waals surface area contributed by atoms with Gasteiger partial charge in [0.25, 0.3) is 5.91 Å². The Morgan fingerprint density at radius 3 is 2.19 bits per heavy atom. The van der Waals surface area contributed by atoms with Crippen LogP contribution in [0.4, 0.5) is 10.1 Å². The molecule has 0 fully saturated rings. The average molecular weight is 441 g/mol. The van der Waals surface area contributed by atoms with Gasteiger partial charge in [-0.15, -0.1) is 0 Å². The smallest absolute Gasteiger partial charge is 0.339 e. The Kier molecular flexibility index (Phi) is 6.20. The van der Waals surface area contributed by atoms with Crippen LogP contribution >= 0.6 is 0 Å². The lowest BCUT2D eigenvalue weighted by Gasteiger charge is -2.23. The summed E-state index contributed by atoms with van der Waals surface area (Å²) >= 11 is 0. The normalized spacial score (nSPS) is 11.2. The van der Waals surface area contributed by atoms with E-state index in [4.69, 9.17) is 9.47 Å². The Balaban J connectivity index is 2.09. The van der Waals surface area contributed by atoms with Crippen molar-refractivity contribution in [1.29, 1.82) is 0 Å². The summed E-state index contributed by atoms with van der Waals surface area (Å²) < 4.78 is 25.6. The van der Waals surface area contributed by atoms with Gasteiger partial charge in [-0.3, -0.25) is 9.48 Å². The first-order valence-corrected chi connectivity index (χ1v) is 9.72. The van der Waals surface area contributed by atoms with Gasteiger partial charge in [-0.2, -0.15) is 5.10 Å². The maximum absolute atomic E-state index is 13.5. The third-order valence-corrected chi connectivity index (χ3v) is 4.77. The van der Waals surface area contributed by atoms with Crippen LogP contribution in [-0.2, 0) is 5.54 Å². The van der Waals surface area contributed by atoms with Crippen molar-refractivity contribution in [3.8, 4) is 22.8 Å². The fraction of sp³-hybridized carbons (Fsp3) is 0.261. The second-order valence-corrected chi connectivity index (χ2v) is 8.01. The molecule has 2 N–H and O–H groups in total. The van der Waals surface area contributed by atoms with Crippen LogP contribution in [0, 0.1) is 5.82 Å². The predicted molar refractivity (Wildman–Crippen MR) is 117 cm³/mol. The van der Waals surface area contributed by atoms with Crippen LogP contribution in [0.1, 0.15) is 41.5 Å². The first-order chi connectivity index (χ1) is 15.1. The summed E-state index contributed by atoms with van der Waals surface area (Å²) in [7, 11) is 2.74. The summed E-state index contributed by atoms with van der Waals surface area (Å²) in [6.07, 6.45) is 1.42. The largest absolute Gasteiger partial charge is 0.496 e. The molecular formula is C23H24FN3O5. The summed E-state index contributed by atoms with van der Waals surface area (Å²) in [5.41, 5.74) is 0.910. The Bertz CT molecular complexity index is 1160. The second kappa shape index (κ2) is 8.70. The third kappa shape index (κ3) is 4.41. The number of carboxylic acid groups (broad SMARTS) is 1. The van der Waals surface area contributed by atoms with Gasteiger partial charge in [0.05, 0.1) is 42.9 Å². The van der Waals surface area contributed by atoms with Crippen molar-refractivity contribution < 1.29 is 28.6 Å². The molecule has 0 aliphatic heterocycles. The molecule has 1 heterocycles. The molecule has 0 bridgehead atoms. The molecule has 0 saturated carbocycles. The predicted octanol–water partition coefficient (Wildman–Crippen LogP) is 4.41.